The number of nitrogen functional groups attached to an aromatic ring is 1. The molecule has 0 aliphatic rings. The molecule has 6 nitrogen and oxygen atoms in total. The third-order valence-electron chi connectivity index (χ3n) is 2.42. The highest BCUT2D eigenvalue weighted by Crippen LogP contribution is 2.22. The Balaban J connectivity index is 0.000000141. The number of nitrogens with zero attached hydrogens (tertiary/aromatic N) is 4. The summed E-state index contributed by atoms with van der Waals surface area (Å²) in [7, 11) is 0. The van der Waals surface area contributed by atoms with Crippen molar-refractivity contribution in [3.05, 3.63) is 48.7 Å². The van der Waals surface area contributed by atoms with Crippen LogP contribution in [0, 0.1) is 6.92 Å². The van der Waals surface area contributed by atoms with Crippen molar-refractivity contribution in [3.8, 4) is 5.75 Å². The molecule has 2 heterocycles. The Hall–Kier alpha value is -2.76. The highest BCUT2D eigenvalue weighted by atomic mass is 16.3. The third-order valence-corrected chi connectivity index (χ3v) is 2.42. The van der Waals surface area contributed by atoms with Crippen molar-refractivity contribution in [3.63, 3.8) is 0 Å². The van der Waals surface area contributed by atoms with E-state index < -0.39 is 0 Å². The highest BCUT2D eigenvalue weighted by molar-refractivity contribution is 5.66. The lowest BCUT2D eigenvalue weighted by Crippen LogP contribution is -1.85. The average Bonchev–Trinajstić information content (AvgIpc) is 2.45. The van der Waals surface area contributed by atoms with E-state index in [0.717, 1.165) is 11.1 Å². The van der Waals surface area contributed by atoms with Crippen LogP contribution in [0.5, 0.6) is 5.75 Å². The smallest absolute Gasteiger partial charge is 0.181 e. The number of nitrogens with two attached hydrogens (primary N) is 1. The first-order valence-corrected chi connectivity index (χ1v) is 5.59. The van der Waals surface area contributed by atoms with Crippen molar-refractivity contribution in [2.75, 3.05) is 5.73 Å². The summed E-state index contributed by atoms with van der Waals surface area (Å²) in [4.78, 5) is 15.7. The number of rotatable bonds is 0. The lowest BCUT2D eigenvalue weighted by atomic mass is 10.2. The van der Waals surface area contributed by atoms with Gasteiger partial charge in [0.15, 0.2) is 5.65 Å². The van der Waals surface area contributed by atoms with Crippen molar-refractivity contribution in [2.45, 2.75) is 6.92 Å². The van der Waals surface area contributed by atoms with Gasteiger partial charge in [-0.1, -0.05) is 12.1 Å². The molecule has 1 aromatic carbocycles. The van der Waals surface area contributed by atoms with Gasteiger partial charge in [-0.3, -0.25) is 0 Å². The summed E-state index contributed by atoms with van der Waals surface area (Å²) < 4.78 is 0. The highest BCUT2D eigenvalue weighted by Gasteiger charge is 1.96. The first-order valence-electron chi connectivity index (χ1n) is 5.59. The van der Waals surface area contributed by atoms with Gasteiger partial charge in [-0.25, -0.2) is 19.9 Å². The summed E-state index contributed by atoms with van der Waals surface area (Å²) >= 11 is 0. The number of phenols is 1. The molecule has 0 bridgehead atoms. The van der Waals surface area contributed by atoms with Gasteiger partial charge in [0.25, 0.3) is 0 Å². The number of aromatic nitrogens is 4. The van der Waals surface area contributed by atoms with Crippen LogP contribution >= 0.6 is 0 Å². The summed E-state index contributed by atoms with van der Waals surface area (Å²) in [5.74, 6) is 0.192. The number of para-hydroxylation sites is 1. The first-order chi connectivity index (χ1) is 9.18. The van der Waals surface area contributed by atoms with Crippen molar-refractivity contribution >= 4 is 16.9 Å². The lowest BCUT2D eigenvalue weighted by molar-refractivity contribution is 0.474. The second kappa shape index (κ2) is 5.72. The Kier molecular flexibility index (Phi) is 3.82. The summed E-state index contributed by atoms with van der Waals surface area (Å²) in [5, 5.41) is 9.08. The molecule has 96 valence electrons. The van der Waals surface area contributed by atoms with Crippen LogP contribution in [0.2, 0.25) is 0 Å². The maximum Gasteiger partial charge on any atom is 0.181 e. The molecule has 0 saturated carbocycles. The largest absolute Gasteiger partial charge is 0.506 e. The van der Waals surface area contributed by atoms with Crippen LogP contribution in [0.4, 0.5) is 5.69 Å². The summed E-state index contributed by atoms with van der Waals surface area (Å²) in [5.41, 5.74) is 7.99. The molecule has 0 fully saturated rings. The van der Waals surface area contributed by atoms with E-state index in [4.69, 9.17) is 10.8 Å². The van der Waals surface area contributed by atoms with Gasteiger partial charge in [0.2, 0.25) is 0 Å². The predicted molar refractivity (Wildman–Crippen MR) is 72.4 cm³/mol. The molecule has 0 atom stereocenters. The monoisotopic (exact) mass is 255 g/mol. The fraction of sp³-hybridized carbons (Fsp3) is 0.0769. The van der Waals surface area contributed by atoms with Crippen molar-refractivity contribution in [1.29, 1.82) is 0 Å². The molecule has 3 aromatic rings. The van der Waals surface area contributed by atoms with Crippen LogP contribution < -0.4 is 5.73 Å². The molecule has 0 aliphatic heterocycles. The summed E-state index contributed by atoms with van der Waals surface area (Å²) in [6.45, 7) is 1.81. The maximum atomic E-state index is 9.08. The Morgan fingerprint density at radius 3 is 2.58 bits per heavy atom. The van der Waals surface area contributed by atoms with Crippen molar-refractivity contribution in [2.24, 2.45) is 0 Å². The topological polar surface area (TPSA) is 97.8 Å². The third kappa shape index (κ3) is 3.12. The van der Waals surface area contributed by atoms with Crippen LogP contribution in [0.1, 0.15) is 5.56 Å². The van der Waals surface area contributed by atoms with Gasteiger partial charge < -0.3 is 10.8 Å². The van der Waals surface area contributed by atoms with E-state index in [2.05, 4.69) is 19.9 Å². The molecule has 0 amide bonds. The zero-order valence-corrected chi connectivity index (χ0v) is 10.4. The molecule has 0 saturated heterocycles. The summed E-state index contributed by atoms with van der Waals surface area (Å²) in [6.07, 6.45) is 6.31. The molecule has 0 radical (unpaired) electrons. The van der Waals surface area contributed by atoms with E-state index >= 15 is 0 Å². The van der Waals surface area contributed by atoms with Crippen LogP contribution in [-0.4, -0.2) is 25.0 Å². The first kappa shape index (κ1) is 12.7. The second-order valence-electron chi connectivity index (χ2n) is 3.80. The Bertz CT molecular complexity index is 601. The number of aryl methyl sites for hydroxylation is 1. The lowest BCUT2D eigenvalue weighted by Gasteiger charge is -1.99. The van der Waals surface area contributed by atoms with Crippen LogP contribution in [0.3, 0.4) is 0 Å². The van der Waals surface area contributed by atoms with Crippen molar-refractivity contribution in [1.82, 2.24) is 19.9 Å². The Labute approximate surface area is 110 Å². The predicted octanol–water partition coefficient (Wildman–Crippen LogP) is 1.70. The number of benzene rings is 1. The van der Waals surface area contributed by atoms with Crippen LogP contribution in [0.25, 0.3) is 11.2 Å². The molecular weight excluding hydrogens is 242 g/mol. The molecule has 0 unspecified atom stereocenters. The standard InChI is InChI=1S/C7H9NO.C6H4N4/c1-5-3-2-4-6(8)7(5)9;1-2-9-6-5(8-1)3-7-4-10-6/h2-4,9H,8H2,1H3;1-4H. The number of fused-ring (bicyclic) bond motifs is 1. The quantitative estimate of drug-likeness (QED) is 0.468. The van der Waals surface area contributed by atoms with E-state index in [1.165, 1.54) is 6.33 Å². The fourth-order valence-electron chi connectivity index (χ4n) is 1.41. The number of phenolic OH excluding ortho intramolecular Hbond substituents is 1. The minimum Gasteiger partial charge on any atom is -0.506 e. The molecule has 2 aromatic heterocycles. The van der Waals surface area contributed by atoms with Gasteiger partial charge in [0.05, 0.1) is 11.9 Å². The molecule has 19 heavy (non-hydrogen) atoms. The van der Waals surface area contributed by atoms with Crippen molar-refractivity contribution < 1.29 is 5.11 Å². The van der Waals surface area contributed by atoms with Crippen LogP contribution in [-0.2, 0) is 0 Å². The number of aromatic hydroxyl groups is 1. The van der Waals surface area contributed by atoms with Gasteiger partial charge in [-0.2, -0.15) is 0 Å². The molecule has 3 rings (SSSR count). The Morgan fingerprint density at radius 2 is 1.89 bits per heavy atom. The van der Waals surface area contributed by atoms with E-state index in [0.29, 0.717) is 11.3 Å². The van der Waals surface area contributed by atoms with Gasteiger partial charge in [0, 0.05) is 12.4 Å². The maximum absolute atomic E-state index is 9.08. The molecular formula is C13H13N5O. The van der Waals surface area contributed by atoms with E-state index in [1.54, 1.807) is 24.7 Å². The van der Waals surface area contributed by atoms with E-state index in [-0.39, 0.29) is 5.75 Å². The van der Waals surface area contributed by atoms with Gasteiger partial charge in [0.1, 0.15) is 17.6 Å². The van der Waals surface area contributed by atoms with Gasteiger partial charge in [-0.05, 0) is 18.6 Å². The second-order valence-corrected chi connectivity index (χ2v) is 3.80. The SMILES string of the molecule is Cc1cccc(N)c1O.c1cnc2ncncc2n1. The van der Waals surface area contributed by atoms with E-state index in [9.17, 15) is 0 Å². The minimum absolute atomic E-state index is 0.192. The molecule has 0 spiro atoms. The van der Waals surface area contributed by atoms with Gasteiger partial charge >= 0.3 is 0 Å². The normalized spacial score (nSPS) is 9.74. The zero-order chi connectivity index (χ0) is 13.7. The minimum atomic E-state index is 0.192. The average molecular weight is 255 g/mol. The number of hydrogen-bond acceptors (Lipinski definition) is 6. The Morgan fingerprint density at radius 1 is 1.11 bits per heavy atom. The molecule has 3 N–H and O–H groups in total. The van der Waals surface area contributed by atoms with E-state index in [1.807, 2.05) is 19.1 Å². The van der Waals surface area contributed by atoms with Crippen LogP contribution in [0.15, 0.2) is 43.1 Å². The number of anilines is 1. The zero-order valence-electron chi connectivity index (χ0n) is 10.4. The molecule has 6 heteroatoms. The summed E-state index contributed by atoms with van der Waals surface area (Å²) in [6, 6.07) is 5.29. The fourth-order valence-corrected chi connectivity index (χ4v) is 1.41. The van der Waals surface area contributed by atoms with Gasteiger partial charge in [-0.15, -0.1) is 0 Å². The molecule has 0 aliphatic carbocycles. The number of hydrogen-bond donors (Lipinski definition) is 2.